The standard InChI is InChI=1S/C23H23F3N2O4/c24-23(25,26)18-7-3-15(4-8-18)13-20(22(31)27-11-12-29)28-21(30)17-5-9-19(10-6-17)32-14-16-1-2-16/h3-10,13,16,29H,1-2,11-12,14H2,(H,27,31)(H,28,30). The highest BCUT2D eigenvalue weighted by molar-refractivity contribution is 6.05. The molecule has 0 bridgehead atoms. The molecule has 0 saturated heterocycles. The first-order chi connectivity index (χ1) is 15.3. The van der Waals surface area contributed by atoms with Crippen LogP contribution in [0.15, 0.2) is 54.2 Å². The molecule has 1 fully saturated rings. The maximum Gasteiger partial charge on any atom is 0.416 e. The van der Waals surface area contributed by atoms with E-state index in [1.807, 2.05) is 0 Å². The summed E-state index contributed by atoms with van der Waals surface area (Å²) in [4.78, 5) is 25.0. The van der Waals surface area contributed by atoms with Crippen LogP contribution in [0, 0.1) is 5.92 Å². The summed E-state index contributed by atoms with van der Waals surface area (Å²) in [5.41, 5.74) is -0.431. The topological polar surface area (TPSA) is 87.7 Å². The van der Waals surface area contributed by atoms with E-state index >= 15 is 0 Å². The van der Waals surface area contributed by atoms with Gasteiger partial charge in [0.1, 0.15) is 11.4 Å². The Morgan fingerprint density at radius 1 is 1.06 bits per heavy atom. The quantitative estimate of drug-likeness (QED) is 0.514. The van der Waals surface area contributed by atoms with Crippen LogP contribution >= 0.6 is 0 Å². The molecule has 2 aromatic rings. The summed E-state index contributed by atoms with van der Waals surface area (Å²) in [6.07, 6.45) is -0.899. The van der Waals surface area contributed by atoms with Crippen LogP contribution in [0.25, 0.3) is 6.08 Å². The molecule has 32 heavy (non-hydrogen) atoms. The Balaban J connectivity index is 1.73. The number of hydrogen-bond donors (Lipinski definition) is 3. The van der Waals surface area contributed by atoms with Gasteiger partial charge in [0.25, 0.3) is 11.8 Å². The third-order valence-corrected chi connectivity index (χ3v) is 4.74. The van der Waals surface area contributed by atoms with Crippen LogP contribution < -0.4 is 15.4 Å². The SMILES string of the molecule is O=C(NCCO)C(=Cc1ccc(C(F)(F)F)cc1)NC(=O)c1ccc(OCC2CC2)cc1. The van der Waals surface area contributed by atoms with Crippen LogP contribution in [0.5, 0.6) is 5.75 Å². The third kappa shape index (κ3) is 6.84. The Labute approximate surface area is 183 Å². The van der Waals surface area contributed by atoms with Crippen molar-refractivity contribution in [2.45, 2.75) is 19.0 Å². The maximum atomic E-state index is 12.8. The minimum atomic E-state index is -4.48. The Morgan fingerprint density at radius 3 is 2.28 bits per heavy atom. The van der Waals surface area contributed by atoms with Crippen molar-refractivity contribution in [3.63, 3.8) is 0 Å². The van der Waals surface area contributed by atoms with Gasteiger partial charge >= 0.3 is 6.18 Å². The molecule has 1 saturated carbocycles. The predicted molar refractivity (Wildman–Crippen MR) is 112 cm³/mol. The van der Waals surface area contributed by atoms with Crippen LogP contribution in [-0.2, 0) is 11.0 Å². The van der Waals surface area contributed by atoms with E-state index in [1.54, 1.807) is 24.3 Å². The summed E-state index contributed by atoms with van der Waals surface area (Å²) in [5.74, 6) is -0.0318. The number of rotatable bonds is 9. The minimum Gasteiger partial charge on any atom is -0.493 e. The number of carbonyl (C=O) groups is 2. The van der Waals surface area contributed by atoms with Gasteiger partial charge < -0.3 is 20.5 Å². The fourth-order valence-corrected chi connectivity index (χ4v) is 2.75. The average Bonchev–Trinajstić information content (AvgIpc) is 3.60. The Hall–Kier alpha value is -3.33. The second-order valence-electron chi connectivity index (χ2n) is 7.39. The summed E-state index contributed by atoms with van der Waals surface area (Å²) in [6.45, 7) is 0.276. The molecule has 2 amide bonds. The highest BCUT2D eigenvalue weighted by Gasteiger charge is 2.30. The molecule has 2 aromatic carbocycles. The van der Waals surface area contributed by atoms with E-state index in [9.17, 15) is 22.8 Å². The van der Waals surface area contributed by atoms with Crippen LogP contribution in [0.3, 0.4) is 0 Å². The molecule has 1 aliphatic rings. The number of aliphatic hydroxyl groups is 1. The zero-order valence-electron chi connectivity index (χ0n) is 17.1. The maximum absolute atomic E-state index is 12.8. The number of halogens is 3. The van der Waals surface area contributed by atoms with E-state index in [-0.39, 0.29) is 30.0 Å². The van der Waals surface area contributed by atoms with Gasteiger partial charge in [0.2, 0.25) is 0 Å². The van der Waals surface area contributed by atoms with Crippen molar-refractivity contribution < 1.29 is 32.6 Å². The van der Waals surface area contributed by atoms with Gasteiger partial charge in [0, 0.05) is 12.1 Å². The molecular weight excluding hydrogens is 425 g/mol. The number of carbonyl (C=O) groups excluding carboxylic acids is 2. The molecule has 170 valence electrons. The molecule has 9 heteroatoms. The summed E-state index contributed by atoms with van der Waals surface area (Å²) < 4.78 is 43.9. The normalized spacial score (nSPS) is 14.1. The van der Waals surface area contributed by atoms with Crippen LogP contribution in [0.2, 0.25) is 0 Å². The number of amides is 2. The van der Waals surface area contributed by atoms with Gasteiger partial charge in [-0.2, -0.15) is 13.2 Å². The van der Waals surface area contributed by atoms with E-state index in [2.05, 4.69) is 10.6 Å². The van der Waals surface area contributed by atoms with Crippen LogP contribution in [0.1, 0.15) is 34.3 Å². The van der Waals surface area contributed by atoms with E-state index < -0.39 is 23.6 Å². The number of aliphatic hydroxyl groups excluding tert-OH is 1. The summed E-state index contributed by atoms with van der Waals surface area (Å²) in [7, 11) is 0. The van der Waals surface area contributed by atoms with Gasteiger partial charge in [-0.25, -0.2) is 0 Å². The predicted octanol–water partition coefficient (Wildman–Crippen LogP) is 3.37. The molecule has 0 aromatic heterocycles. The first-order valence-corrected chi connectivity index (χ1v) is 10.1. The first kappa shape index (κ1) is 23.3. The number of alkyl halides is 3. The smallest absolute Gasteiger partial charge is 0.416 e. The zero-order valence-corrected chi connectivity index (χ0v) is 17.1. The van der Waals surface area contributed by atoms with E-state index in [0.717, 1.165) is 25.0 Å². The largest absolute Gasteiger partial charge is 0.493 e. The van der Waals surface area contributed by atoms with Gasteiger partial charge in [-0.1, -0.05) is 12.1 Å². The van der Waals surface area contributed by atoms with Gasteiger partial charge in [0.05, 0.1) is 18.8 Å². The van der Waals surface area contributed by atoms with Gasteiger partial charge in [-0.15, -0.1) is 0 Å². The van der Waals surface area contributed by atoms with Crippen molar-refractivity contribution in [3.05, 3.63) is 70.9 Å². The molecule has 3 rings (SSSR count). The number of nitrogens with one attached hydrogen (secondary N) is 2. The van der Waals surface area contributed by atoms with Crippen molar-refractivity contribution in [2.75, 3.05) is 19.8 Å². The fourth-order valence-electron chi connectivity index (χ4n) is 2.75. The molecular formula is C23H23F3N2O4. The highest BCUT2D eigenvalue weighted by atomic mass is 19.4. The van der Waals surface area contributed by atoms with Crippen molar-refractivity contribution >= 4 is 17.9 Å². The number of benzene rings is 2. The van der Waals surface area contributed by atoms with Crippen molar-refractivity contribution in [2.24, 2.45) is 5.92 Å². The summed E-state index contributed by atoms with van der Waals surface area (Å²) >= 11 is 0. The lowest BCUT2D eigenvalue weighted by atomic mass is 10.1. The molecule has 1 aliphatic carbocycles. The summed E-state index contributed by atoms with van der Waals surface area (Å²) in [6, 6.07) is 10.6. The minimum absolute atomic E-state index is 0.0495. The van der Waals surface area contributed by atoms with E-state index in [4.69, 9.17) is 9.84 Å². The molecule has 0 unspecified atom stereocenters. The molecule has 3 N–H and O–H groups in total. The van der Waals surface area contributed by atoms with Crippen molar-refractivity contribution in [1.82, 2.24) is 10.6 Å². The van der Waals surface area contributed by atoms with Crippen LogP contribution in [0.4, 0.5) is 13.2 Å². The Morgan fingerprint density at radius 2 is 1.72 bits per heavy atom. The lowest BCUT2D eigenvalue weighted by Gasteiger charge is -2.12. The van der Waals surface area contributed by atoms with Crippen molar-refractivity contribution in [1.29, 1.82) is 0 Å². The zero-order chi connectivity index (χ0) is 23.1. The monoisotopic (exact) mass is 448 g/mol. The first-order valence-electron chi connectivity index (χ1n) is 10.1. The third-order valence-electron chi connectivity index (χ3n) is 4.74. The number of ether oxygens (including phenoxy) is 1. The van der Waals surface area contributed by atoms with Crippen molar-refractivity contribution in [3.8, 4) is 5.75 Å². The molecule has 0 atom stereocenters. The second kappa shape index (κ2) is 10.3. The molecule has 0 spiro atoms. The Kier molecular flexibility index (Phi) is 7.53. The lowest BCUT2D eigenvalue weighted by molar-refractivity contribution is -0.137. The average molecular weight is 448 g/mol. The summed E-state index contributed by atoms with van der Waals surface area (Å²) in [5, 5.41) is 13.8. The second-order valence-corrected chi connectivity index (χ2v) is 7.39. The lowest BCUT2D eigenvalue weighted by Crippen LogP contribution is -2.36. The van der Waals surface area contributed by atoms with E-state index in [1.165, 1.54) is 18.2 Å². The fraction of sp³-hybridized carbons (Fsp3) is 0.304. The van der Waals surface area contributed by atoms with Gasteiger partial charge in [0.15, 0.2) is 0 Å². The molecule has 0 heterocycles. The Bertz CT molecular complexity index is 966. The molecule has 0 radical (unpaired) electrons. The van der Waals surface area contributed by atoms with Crippen LogP contribution in [-0.4, -0.2) is 36.7 Å². The number of hydrogen-bond acceptors (Lipinski definition) is 4. The molecule has 0 aliphatic heterocycles. The molecule has 6 nitrogen and oxygen atoms in total. The highest BCUT2D eigenvalue weighted by Crippen LogP contribution is 2.30. The van der Waals surface area contributed by atoms with E-state index in [0.29, 0.717) is 18.3 Å². The van der Waals surface area contributed by atoms with Gasteiger partial charge in [-0.05, 0) is 66.8 Å². The van der Waals surface area contributed by atoms with Gasteiger partial charge in [-0.3, -0.25) is 9.59 Å².